The van der Waals surface area contributed by atoms with E-state index >= 15 is 0 Å². The van der Waals surface area contributed by atoms with Gasteiger partial charge in [0.15, 0.2) is 18.7 Å². The summed E-state index contributed by atoms with van der Waals surface area (Å²) in [7, 11) is -9.95. The lowest BCUT2D eigenvalue weighted by Crippen LogP contribution is -2.67. The van der Waals surface area contributed by atoms with E-state index in [2.05, 4.69) is 16.0 Å². The van der Waals surface area contributed by atoms with Gasteiger partial charge in [0.05, 0.1) is 30.7 Å². The first-order chi connectivity index (χ1) is 29.9. The van der Waals surface area contributed by atoms with E-state index in [4.69, 9.17) is 28.2 Å². The van der Waals surface area contributed by atoms with Gasteiger partial charge in [-0.15, -0.1) is 0 Å². The van der Waals surface area contributed by atoms with E-state index in [0.717, 1.165) is 39.0 Å². The third-order valence-electron chi connectivity index (χ3n) is 12.3. The summed E-state index contributed by atoms with van der Waals surface area (Å²) < 4.78 is 94.8. The van der Waals surface area contributed by atoms with Gasteiger partial charge in [-0.25, -0.2) is 4.79 Å². The molecule has 2 saturated carbocycles. The second-order valence-electron chi connectivity index (χ2n) is 17.1. The van der Waals surface area contributed by atoms with Crippen LogP contribution in [0.2, 0.25) is 0 Å². The van der Waals surface area contributed by atoms with Crippen LogP contribution in [-0.2, 0) is 63.1 Å². The van der Waals surface area contributed by atoms with Crippen molar-refractivity contribution in [3.05, 3.63) is 0 Å². The number of carbonyl (C=O) groups excluding carboxylic acids is 3. The van der Waals surface area contributed by atoms with E-state index < -0.39 is 159 Å². The standard InChI is InChI=1S/C38H65N3O21S2/c1-4-21-13-22(35(49)40-11-10-39-27(44)15-23(64(55,56)57)17-63(52,53)54)14-24(33(21)62-38-32(48)31(47)29(45)18(2)58-38)60-37-28(41-19(3)43)34(30(46)26(16-42)61-37)59-25(36(50)51)12-20-8-6-5-7-9-20/h18,20-26,28-34,37-38,42,45-48H,4-17H2,1-3H3,(H,39,44)(H,40,49)(H,41,43)(H,50,51)(H,52,53,54)(H,55,56,57)/t18?,21?,22?,23?,24-,25+,26+,28?,29-,30+,31+,32?,33-,34?,37-,38+/m1/s1. The van der Waals surface area contributed by atoms with Gasteiger partial charge in [0.25, 0.3) is 20.2 Å². The van der Waals surface area contributed by atoms with Gasteiger partial charge in [-0.3, -0.25) is 23.5 Å². The summed E-state index contributed by atoms with van der Waals surface area (Å²) in [6, 6.07) is -1.41. The van der Waals surface area contributed by atoms with E-state index in [1.807, 2.05) is 0 Å². The Kier molecular flexibility index (Phi) is 20.1. The fraction of sp³-hybridized carbons (Fsp3) is 0.895. The van der Waals surface area contributed by atoms with Crippen molar-refractivity contribution in [3.8, 4) is 0 Å². The van der Waals surface area contributed by atoms with E-state index in [0.29, 0.717) is 6.42 Å². The Balaban J connectivity index is 1.59. The van der Waals surface area contributed by atoms with E-state index in [1.165, 1.54) is 6.92 Å². The van der Waals surface area contributed by atoms with Gasteiger partial charge in [0.2, 0.25) is 17.7 Å². The molecule has 11 N–H and O–H groups in total. The molecule has 2 aliphatic heterocycles. The topological polar surface area (TPSA) is 381 Å². The zero-order valence-electron chi connectivity index (χ0n) is 35.9. The van der Waals surface area contributed by atoms with Crippen molar-refractivity contribution in [3.63, 3.8) is 0 Å². The highest BCUT2D eigenvalue weighted by Gasteiger charge is 2.53. The van der Waals surface area contributed by atoms with Crippen LogP contribution in [0.1, 0.15) is 85.0 Å². The third kappa shape index (κ3) is 15.2. The molecule has 2 heterocycles. The Bertz CT molecular complexity index is 1790. The van der Waals surface area contributed by atoms with Gasteiger partial charge in [-0.05, 0) is 38.0 Å². The number of hydrogen-bond donors (Lipinski definition) is 11. The lowest BCUT2D eigenvalue weighted by molar-refractivity contribution is -0.338. The summed E-state index contributed by atoms with van der Waals surface area (Å²) in [6.07, 6.45) is -13.6. The maximum absolute atomic E-state index is 13.7. The molecule has 16 atom stereocenters. The molecule has 370 valence electrons. The monoisotopic (exact) mass is 963 g/mol. The largest absolute Gasteiger partial charge is 0.479 e. The van der Waals surface area contributed by atoms with Gasteiger partial charge in [0, 0.05) is 32.4 Å². The van der Waals surface area contributed by atoms with Crippen LogP contribution in [0, 0.1) is 17.8 Å². The maximum atomic E-state index is 13.7. The molecule has 7 unspecified atom stereocenters. The summed E-state index contributed by atoms with van der Waals surface area (Å²) in [5.74, 6) is -6.42. The minimum Gasteiger partial charge on any atom is -0.479 e. The first kappa shape index (κ1) is 53.9. The highest BCUT2D eigenvalue weighted by molar-refractivity contribution is 7.90. The molecule has 4 rings (SSSR count). The van der Waals surface area contributed by atoms with Crippen LogP contribution in [0.15, 0.2) is 0 Å². The van der Waals surface area contributed by atoms with Crippen molar-refractivity contribution in [1.82, 2.24) is 16.0 Å². The number of ether oxygens (including phenoxy) is 5. The molecule has 0 aromatic carbocycles. The Morgan fingerprint density at radius 1 is 0.828 bits per heavy atom. The second-order valence-corrected chi connectivity index (χ2v) is 20.3. The summed E-state index contributed by atoms with van der Waals surface area (Å²) >= 11 is 0. The number of aliphatic carboxylic acids is 1. The summed E-state index contributed by atoms with van der Waals surface area (Å²) in [5, 5.41) is 69.2. The van der Waals surface area contributed by atoms with Crippen LogP contribution in [0.5, 0.6) is 0 Å². The molecule has 2 aliphatic carbocycles. The molecule has 0 radical (unpaired) electrons. The van der Waals surface area contributed by atoms with Gasteiger partial charge < -0.3 is 70.3 Å². The van der Waals surface area contributed by atoms with Gasteiger partial charge >= 0.3 is 5.97 Å². The van der Waals surface area contributed by atoms with Gasteiger partial charge in [-0.2, -0.15) is 16.8 Å². The van der Waals surface area contributed by atoms with Gasteiger partial charge in [0.1, 0.15) is 47.9 Å². The number of carboxylic acids is 1. The fourth-order valence-corrected chi connectivity index (χ4v) is 11.0. The highest BCUT2D eigenvalue weighted by atomic mass is 32.2. The minimum atomic E-state index is -5.06. The molecule has 0 aromatic rings. The number of nitrogens with one attached hydrogen (secondary N) is 3. The van der Waals surface area contributed by atoms with Crippen molar-refractivity contribution in [1.29, 1.82) is 0 Å². The Hall–Kier alpha value is -2.70. The summed E-state index contributed by atoms with van der Waals surface area (Å²) in [6.45, 7) is 3.07. The Labute approximate surface area is 371 Å². The molecule has 64 heavy (non-hydrogen) atoms. The number of rotatable bonds is 21. The summed E-state index contributed by atoms with van der Waals surface area (Å²) in [4.78, 5) is 51.4. The number of hydrogen-bond acceptors (Lipinski definition) is 18. The Morgan fingerprint density at radius 2 is 1.48 bits per heavy atom. The number of carboxylic acid groups (broad SMARTS) is 1. The van der Waals surface area contributed by atoms with Gasteiger partial charge in [-0.1, -0.05) is 45.4 Å². The van der Waals surface area contributed by atoms with Crippen molar-refractivity contribution in [2.75, 3.05) is 25.4 Å². The van der Waals surface area contributed by atoms with Crippen LogP contribution in [0.3, 0.4) is 0 Å². The maximum Gasteiger partial charge on any atom is 0.332 e. The number of aliphatic hydroxyl groups excluding tert-OH is 5. The predicted octanol–water partition coefficient (Wildman–Crippen LogP) is -2.82. The number of aliphatic hydroxyl groups is 5. The number of carbonyl (C=O) groups is 4. The molecule has 3 amide bonds. The molecular formula is C38H65N3O21S2. The first-order valence-electron chi connectivity index (χ1n) is 21.5. The van der Waals surface area contributed by atoms with Crippen molar-refractivity contribution < 1.29 is 99.4 Å². The van der Waals surface area contributed by atoms with E-state index in [1.54, 1.807) is 6.92 Å². The molecule has 0 bridgehead atoms. The van der Waals surface area contributed by atoms with Crippen molar-refractivity contribution >= 4 is 43.9 Å². The quantitative estimate of drug-likeness (QED) is 0.0408. The first-order valence-corrected chi connectivity index (χ1v) is 24.6. The molecule has 4 aliphatic rings. The van der Waals surface area contributed by atoms with Crippen molar-refractivity contribution in [2.24, 2.45) is 17.8 Å². The lowest BCUT2D eigenvalue weighted by atomic mass is 9.75. The highest BCUT2D eigenvalue weighted by Crippen LogP contribution is 2.40. The number of amides is 3. The van der Waals surface area contributed by atoms with Crippen LogP contribution in [0.25, 0.3) is 0 Å². The summed E-state index contributed by atoms with van der Waals surface area (Å²) in [5.41, 5.74) is 0. The zero-order chi connectivity index (χ0) is 47.7. The van der Waals surface area contributed by atoms with Crippen LogP contribution in [0.4, 0.5) is 0 Å². The van der Waals surface area contributed by atoms with Crippen LogP contribution in [-0.4, -0.2) is 191 Å². The minimum absolute atomic E-state index is 0.0207. The smallest absolute Gasteiger partial charge is 0.332 e. The average Bonchev–Trinajstić information content (AvgIpc) is 3.21. The molecule has 24 nitrogen and oxygen atoms in total. The molecule has 2 saturated heterocycles. The molecular weight excluding hydrogens is 899 g/mol. The lowest BCUT2D eigenvalue weighted by Gasteiger charge is -2.49. The Morgan fingerprint density at radius 3 is 2.06 bits per heavy atom. The molecule has 0 aromatic heterocycles. The SMILES string of the molecule is CCC1CC(C(=O)NCCNC(=O)CC(CS(=O)(=O)O)S(=O)(=O)O)C[C@@H](O[C@@H]2O[C@@H](CO)[C@H](O)C(O[C@@H](CC3CCCCC3)C(=O)O)C2NC(C)=O)[C@@H]1O[C@@H]1OC(C)[C@@H](O)[C@H](O)C1O. The molecule has 26 heteroatoms. The third-order valence-corrected chi connectivity index (χ3v) is 14.5. The van der Waals surface area contributed by atoms with Crippen molar-refractivity contribution in [2.45, 2.75) is 170 Å². The zero-order valence-corrected chi connectivity index (χ0v) is 37.5. The normalized spacial score (nSPS) is 35.2. The predicted molar refractivity (Wildman–Crippen MR) is 218 cm³/mol. The van der Waals surface area contributed by atoms with E-state index in [-0.39, 0.29) is 38.3 Å². The molecule has 0 spiro atoms. The van der Waals surface area contributed by atoms with Crippen LogP contribution >= 0.6 is 0 Å². The van der Waals surface area contributed by atoms with Crippen LogP contribution < -0.4 is 16.0 Å². The second kappa shape index (κ2) is 23.8. The molecule has 4 fully saturated rings. The van der Waals surface area contributed by atoms with E-state index in [9.17, 15) is 71.2 Å². The fourth-order valence-electron chi connectivity index (χ4n) is 8.87. The average molecular weight is 964 g/mol.